The molecule has 0 atom stereocenters. The molecule has 0 spiro atoms. The van der Waals surface area contributed by atoms with Crippen molar-refractivity contribution in [2.45, 2.75) is 20.2 Å². The van der Waals surface area contributed by atoms with Gasteiger partial charge in [-0.15, -0.1) is 0 Å². The zero-order chi connectivity index (χ0) is 20.1. The largest absolute Gasteiger partial charge is 0.471 e. The minimum Gasteiger partial charge on any atom is -0.471 e. The normalized spacial score (nSPS) is 10.5. The Morgan fingerprint density at radius 2 is 2.00 bits per heavy atom. The summed E-state index contributed by atoms with van der Waals surface area (Å²) in [6.07, 6.45) is 3.22. The Kier molecular flexibility index (Phi) is 5.95. The van der Waals surface area contributed by atoms with Gasteiger partial charge < -0.3 is 15.4 Å². The quantitative estimate of drug-likeness (QED) is 0.631. The number of aromatic nitrogens is 4. The molecule has 3 aromatic rings. The standard InChI is InChI=1S/C18H19ClN6O3/c1-3-24-10-15(16(23-24)18(27)20-2)21-17(26)14-7-8-25(22-14)11-28-13-6-4-5-12(19)9-13/h4-10H,3,11H2,1-2H3,(H,20,27)(H,21,26). The summed E-state index contributed by atoms with van der Waals surface area (Å²) in [5.41, 5.74) is 0.638. The second-order valence-electron chi connectivity index (χ2n) is 5.75. The summed E-state index contributed by atoms with van der Waals surface area (Å²) >= 11 is 5.92. The number of hydrogen-bond acceptors (Lipinski definition) is 5. The predicted octanol–water partition coefficient (Wildman–Crippen LogP) is 2.40. The monoisotopic (exact) mass is 402 g/mol. The summed E-state index contributed by atoms with van der Waals surface area (Å²) in [6, 6.07) is 8.54. The third-order valence-corrected chi connectivity index (χ3v) is 4.04. The van der Waals surface area contributed by atoms with Crippen LogP contribution in [-0.4, -0.2) is 38.4 Å². The molecule has 0 saturated carbocycles. The lowest BCUT2D eigenvalue weighted by Crippen LogP contribution is -2.22. The molecule has 0 fully saturated rings. The minimum absolute atomic E-state index is 0.116. The summed E-state index contributed by atoms with van der Waals surface area (Å²) < 4.78 is 8.63. The van der Waals surface area contributed by atoms with Crippen molar-refractivity contribution in [2.75, 3.05) is 12.4 Å². The fraction of sp³-hybridized carbons (Fsp3) is 0.222. The van der Waals surface area contributed by atoms with E-state index in [0.29, 0.717) is 23.0 Å². The van der Waals surface area contributed by atoms with E-state index in [-0.39, 0.29) is 24.0 Å². The van der Waals surface area contributed by atoms with Crippen molar-refractivity contribution >= 4 is 29.1 Å². The van der Waals surface area contributed by atoms with Crippen LogP contribution in [0.5, 0.6) is 5.75 Å². The van der Waals surface area contributed by atoms with Crippen LogP contribution in [0.3, 0.4) is 0 Å². The number of ether oxygens (including phenoxy) is 1. The number of nitrogens with one attached hydrogen (secondary N) is 2. The molecule has 0 saturated heterocycles. The van der Waals surface area contributed by atoms with Gasteiger partial charge in [-0.05, 0) is 31.2 Å². The fourth-order valence-electron chi connectivity index (χ4n) is 2.40. The Bertz CT molecular complexity index is 997. The molecule has 0 aliphatic rings. The van der Waals surface area contributed by atoms with Crippen molar-refractivity contribution in [3.05, 3.63) is 59.1 Å². The summed E-state index contributed by atoms with van der Waals surface area (Å²) in [5, 5.41) is 14.1. The van der Waals surface area contributed by atoms with Gasteiger partial charge in [0.2, 0.25) is 0 Å². The third kappa shape index (κ3) is 4.49. The summed E-state index contributed by atoms with van der Waals surface area (Å²) in [4.78, 5) is 24.4. The van der Waals surface area contributed by atoms with E-state index >= 15 is 0 Å². The smallest absolute Gasteiger partial charge is 0.276 e. The molecule has 3 rings (SSSR count). The highest BCUT2D eigenvalue weighted by molar-refractivity contribution is 6.30. The first-order valence-electron chi connectivity index (χ1n) is 8.53. The number of nitrogens with zero attached hydrogens (tertiary/aromatic N) is 4. The number of anilines is 1. The van der Waals surface area contributed by atoms with Gasteiger partial charge in [-0.25, -0.2) is 4.68 Å². The number of rotatable bonds is 7. The molecule has 2 aromatic heterocycles. The number of benzene rings is 1. The first kappa shape index (κ1) is 19.4. The van der Waals surface area contributed by atoms with Crippen molar-refractivity contribution in [2.24, 2.45) is 0 Å². The van der Waals surface area contributed by atoms with Crippen LogP contribution < -0.4 is 15.4 Å². The SMILES string of the molecule is CCn1cc(NC(=O)c2ccn(COc3cccc(Cl)c3)n2)c(C(=O)NC)n1. The molecule has 2 amide bonds. The number of aryl methyl sites for hydroxylation is 1. The van der Waals surface area contributed by atoms with E-state index in [2.05, 4.69) is 20.8 Å². The summed E-state index contributed by atoms with van der Waals surface area (Å²) in [5.74, 6) is -0.249. The van der Waals surface area contributed by atoms with E-state index in [1.54, 1.807) is 47.4 Å². The van der Waals surface area contributed by atoms with Crippen molar-refractivity contribution in [3.8, 4) is 5.75 Å². The van der Waals surface area contributed by atoms with Crippen LogP contribution in [-0.2, 0) is 13.3 Å². The Balaban J connectivity index is 1.67. The Labute approximate surface area is 166 Å². The van der Waals surface area contributed by atoms with Gasteiger partial charge in [0.1, 0.15) is 5.75 Å². The maximum Gasteiger partial charge on any atom is 0.276 e. The first-order valence-corrected chi connectivity index (χ1v) is 8.90. The van der Waals surface area contributed by atoms with Gasteiger partial charge in [0.05, 0.1) is 5.69 Å². The number of hydrogen-bond donors (Lipinski definition) is 2. The zero-order valence-corrected chi connectivity index (χ0v) is 16.1. The lowest BCUT2D eigenvalue weighted by Gasteiger charge is -2.06. The maximum atomic E-state index is 12.5. The molecule has 2 N–H and O–H groups in total. The van der Waals surface area contributed by atoms with Crippen LogP contribution in [0, 0.1) is 0 Å². The Morgan fingerprint density at radius 3 is 2.71 bits per heavy atom. The van der Waals surface area contributed by atoms with Gasteiger partial charge in [-0.1, -0.05) is 17.7 Å². The number of amides is 2. The molecule has 0 bridgehead atoms. The summed E-state index contributed by atoms with van der Waals surface area (Å²) in [7, 11) is 1.50. The van der Waals surface area contributed by atoms with E-state index in [1.807, 2.05) is 6.92 Å². The lowest BCUT2D eigenvalue weighted by molar-refractivity contribution is 0.0958. The van der Waals surface area contributed by atoms with Gasteiger partial charge in [-0.3, -0.25) is 14.3 Å². The molecule has 2 heterocycles. The molecule has 0 aliphatic heterocycles. The average molecular weight is 403 g/mol. The van der Waals surface area contributed by atoms with Crippen molar-refractivity contribution in [1.29, 1.82) is 0 Å². The zero-order valence-electron chi connectivity index (χ0n) is 15.3. The van der Waals surface area contributed by atoms with E-state index in [0.717, 1.165) is 0 Å². The molecule has 146 valence electrons. The van der Waals surface area contributed by atoms with Crippen LogP contribution in [0.25, 0.3) is 0 Å². The molecule has 28 heavy (non-hydrogen) atoms. The molecular weight excluding hydrogens is 384 g/mol. The van der Waals surface area contributed by atoms with Gasteiger partial charge in [0, 0.05) is 31.0 Å². The fourth-order valence-corrected chi connectivity index (χ4v) is 2.58. The van der Waals surface area contributed by atoms with Crippen molar-refractivity contribution in [1.82, 2.24) is 24.9 Å². The average Bonchev–Trinajstić information content (AvgIpc) is 3.33. The van der Waals surface area contributed by atoms with Gasteiger partial charge >= 0.3 is 0 Å². The molecule has 10 heteroatoms. The van der Waals surface area contributed by atoms with Crippen molar-refractivity contribution < 1.29 is 14.3 Å². The Morgan fingerprint density at radius 1 is 1.18 bits per heavy atom. The summed E-state index contributed by atoms with van der Waals surface area (Å²) in [6.45, 7) is 2.56. The van der Waals surface area contributed by atoms with Crippen LogP contribution in [0.4, 0.5) is 5.69 Å². The molecule has 0 unspecified atom stereocenters. The highest BCUT2D eigenvalue weighted by atomic mass is 35.5. The maximum absolute atomic E-state index is 12.5. The van der Waals surface area contributed by atoms with E-state index in [1.165, 1.54) is 11.7 Å². The second kappa shape index (κ2) is 8.57. The van der Waals surface area contributed by atoms with Crippen LogP contribution >= 0.6 is 11.6 Å². The molecule has 0 aliphatic carbocycles. The number of halogens is 1. The van der Waals surface area contributed by atoms with E-state index in [4.69, 9.17) is 16.3 Å². The lowest BCUT2D eigenvalue weighted by atomic mass is 10.3. The molecule has 9 nitrogen and oxygen atoms in total. The van der Waals surface area contributed by atoms with E-state index in [9.17, 15) is 9.59 Å². The van der Waals surface area contributed by atoms with Crippen LogP contribution in [0.2, 0.25) is 5.02 Å². The third-order valence-electron chi connectivity index (χ3n) is 3.81. The molecular formula is C18H19ClN6O3. The second-order valence-corrected chi connectivity index (χ2v) is 6.19. The topological polar surface area (TPSA) is 103 Å². The van der Waals surface area contributed by atoms with Gasteiger partial charge in [-0.2, -0.15) is 10.2 Å². The van der Waals surface area contributed by atoms with Crippen molar-refractivity contribution in [3.63, 3.8) is 0 Å². The highest BCUT2D eigenvalue weighted by Crippen LogP contribution is 2.18. The molecule has 0 radical (unpaired) electrons. The van der Waals surface area contributed by atoms with E-state index < -0.39 is 5.91 Å². The highest BCUT2D eigenvalue weighted by Gasteiger charge is 2.19. The Hall–Kier alpha value is -3.33. The number of carbonyl (C=O) groups excluding carboxylic acids is 2. The minimum atomic E-state index is -0.456. The van der Waals surface area contributed by atoms with Gasteiger partial charge in [0.15, 0.2) is 18.1 Å². The predicted molar refractivity (Wildman–Crippen MR) is 104 cm³/mol. The van der Waals surface area contributed by atoms with Crippen LogP contribution in [0.15, 0.2) is 42.7 Å². The first-order chi connectivity index (χ1) is 13.5. The number of carbonyl (C=O) groups is 2. The van der Waals surface area contributed by atoms with Crippen LogP contribution in [0.1, 0.15) is 27.9 Å². The van der Waals surface area contributed by atoms with Gasteiger partial charge in [0.25, 0.3) is 11.8 Å². The molecule has 1 aromatic carbocycles.